The molecule has 5 nitrogen and oxygen atoms in total. The van der Waals surface area contributed by atoms with E-state index in [1.807, 2.05) is 30.3 Å². The molecule has 0 radical (unpaired) electrons. The summed E-state index contributed by atoms with van der Waals surface area (Å²) in [4.78, 5) is 16.1. The molecular weight excluding hydrogens is 376 g/mol. The van der Waals surface area contributed by atoms with Gasteiger partial charge in [0.15, 0.2) is 11.5 Å². The van der Waals surface area contributed by atoms with Crippen LogP contribution in [0, 0.1) is 0 Å². The molecule has 3 aromatic rings. The molecular formula is C22H21ClN2O3. The summed E-state index contributed by atoms with van der Waals surface area (Å²) in [6, 6.07) is 11.7. The van der Waals surface area contributed by atoms with Crippen molar-refractivity contribution in [3.05, 3.63) is 52.5 Å². The van der Waals surface area contributed by atoms with Crippen molar-refractivity contribution in [2.45, 2.75) is 25.2 Å². The molecule has 0 bridgehead atoms. The Bertz CT molecular complexity index is 1080. The minimum atomic E-state index is -0.336. The third-order valence-corrected chi connectivity index (χ3v) is 5.31. The largest absolute Gasteiger partial charge is 0.493 e. The minimum absolute atomic E-state index is 0.229. The Labute approximate surface area is 168 Å². The maximum Gasteiger partial charge on any atom is 0.221 e. The lowest BCUT2D eigenvalue weighted by atomic mass is 9.98. The maximum absolute atomic E-state index is 11.3. The van der Waals surface area contributed by atoms with E-state index in [4.69, 9.17) is 31.8 Å². The van der Waals surface area contributed by atoms with Crippen LogP contribution in [0.3, 0.4) is 0 Å². The first-order valence-corrected chi connectivity index (χ1v) is 9.51. The van der Waals surface area contributed by atoms with Crippen molar-refractivity contribution in [3.8, 4) is 22.8 Å². The zero-order valence-electron chi connectivity index (χ0n) is 15.8. The van der Waals surface area contributed by atoms with E-state index < -0.39 is 0 Å². The highest BCUT2D eigenvalue weighted by molar-refractivity contribution is 6.32. The number of benzene rings is 2. The Morgan fingerprint density at radius 3 is 2.61 bits per heavy atom. The first kappa shape index (κ1) is 18.6. The number of amides is 1. The van der Waals surface area contributed by atoms with Gasteiger partial charge in [-0.25, -0.2) is 4.98 Å². The van der Waals surface area contributed by atoms with Gasteiger partial charge in [0.2, 0.25) is 5.91 Å². The Morgan fingerprint density at radius 2 is 1.96 bits per heavy atom. The normalized spacial score (nSPS) is 13.5. The highest BCUT2D eigenvalue weighted by Gasteiger charge is 2.27. The molecule has 1 aliphatic rings. The molecule has 0 unspecified atom stereocenters. The van der Waals surface area contributed by atoms with Gasteiger partial charge in [-0.15, -0.1) is 0 Å². The molecule has 1 saturated carbocycles. The molecule has 0 saturated heterocycles. The van der Waals surface area contributed by atoms with Gasteiger partial charge in [0.1, 0.15) is 0 Å². The summed E-state index contributed by atoms with van der Waals surface area (Å²) in [6.07, 6.45) is 2.55. The second kappa shape index (κ2) is 7.32. The molecule has 1 aromatic heterocycles. The molecule has 28 heavy (non-hydrogen) atoms. The number of methoxy groups -OCH3 is 2. The average molecular weight is 397 g/mol. The summed E-state index contributed by atoms with van der Waals surface area (Å²) < 4.78 is 10.8. The monoisotopic (exact) mass is 396 g/mol. The van der Waals surface area contributed by atoms with E-state index in [0.717, 1.165) is 40.6 Å². The Morgan fingerprint density at radius 1 is 1.18 bits per heavy atom. The summed E-state index contributed by atoms with van der Waals surface area (Å²) in [5.41, 5.74) is 10.1. The van der Waals surface area contributed by atoms with Crippen LogP contribution < -0.4 is 15.2 Å². The summed E-state index contributed by atoms with van der Waals surface area (Å²) in [5.74, 6) is 1.25. The zero-order chi connectivity index (χ0) is 19.8. The van der Waals surface area contributed by atoms with Gasteiger partial charge < -0.3 is 15.2 Å². The fourth-order valence-electron chi connectivity index (χ4n) is 3.56. The molecule has 144 valence electrons. The van der Waals surface area contributed by atoms with Gasteiger partial charge in [0.25, 0.3) is 0 Å². The lowest BCUT2D eigenvalue weighted by molar-refractivity contribution is -0.117. The number of carbonyl (C=O) groups is 1. The van der Waals surface area contributed by atoms with Crippen molar-refractivity contribution in [3.63, 3.8) is 0 Å². The number of hydrogen-bond donors (Lipinski definition) is 1. The van der Waals surface area contributed by atoms with Gasteiger partial charge in [-0.2, -0.15) is 0 Å². The third kappa shape index (κ3) is 3.50. The van der Waals surface area contributed by atoms with Gasteiger partial charge in [0, 0.05) is 10.9 Å². The quantitative estimate of drug-likeness (QED) is 0.666. The molecule has 2 N–H and O–H groups in total. The van der Waals surface area contributed by atoms with E-state index in [1.54, 1.807) is 14.2 Å². The zero-order valence-corrected chi connectivity index (χ0v) is 16.5. The number of hydrogen-bond acceptors (Lipinski definition) is 4. The molecule has 4 rings (SSSR count). The predicted molar refractivity (Wildman–Crippen MR) is 110 cm³/mol. The number of primary amides is 1. The smallest absolute Gasteiger partial charge is 0.221 e. The standard InChI is InChI=1S/C22H21ClN2O3/c1-27-20-10-14(9-17(23)22(20)28-2)19-11-15(13-4-5-13)16-7-12(8-21(24)26)3-6-18(16)25-19/h3,6-7,9-11,13H,4-5,8H2,1-2H3,(H2,24,26). The number of pyridine rings is 1. The number of ether oxygens (including phenoxy) is 2. The Kier molecular flexibility index (Phi) is 4.85. The van der Waals surface area contributed by atoms with Crippen LogP contribution in [-0.2, 0) is 11.2 Å². The lowest BCUT2D eigenvalue weighted by Gasteiger charge is -2.14. The van der Waals surface area contributed by atoms with Gasteiger partial charge in [-0.05, 0) is 60.2 Å². The second-order valence-electron chi connectivity index (χ2n) is 7.06. The molecule has 0 spiro atoms. The number of fused-ring (bicyclic) bond motifs is 1. The van der Waals surface area contributed by atoms with Crippen molar-refractivity contribution in [1.82, 2.24) is 4.98 Å². The minimum Gasteiger partial charge on any atom is -0.493 e. The van der Waals surface area contributed by atoms with E-state index in [-0.39, 0.29) is 12.3 Å². The molecule has 6 heteroatoms. The van der Waals surface area contributed by atoms with Crippen LogP contribution in [0.1, 0.15) is 29.9 Å². The number of nitrogens with two attached hydrogens (primary N) is 1. The van der Waals surface area contributed by atoms with Crippen molar-refractivity contribution in [1.29, 1.82) is 0 Å². The summed E-state index contributed by atoms with van der Waals surface area (Å²) in [6.45, 7) is 0. The van der Waals surface area contributed by atoms with Crippen LogP contribution in [0.4, 0.5) is 0 Å². The fourth-order valence-corrected chi connectivity index (χ4v) is 3.84. The van der Waals surface area contributed by atoms with Crippen molar-refractivity contribution in [2.75, 3.05) is 14.2 Å². The summed E-state index contributed by atoms with van der Waals surface area (Å²) in [5, 5.41) is 1.56. The number of nitrogens with zero attached hydrogens (tertiary/aromatic N) is 1. The second-order valence-corrected chi connectivity index (χ2v) is 7.47. The Hall–Kier alpha value is -2.79. The van der Waals surface area contributed by atoms with Crippen LogP contribution >= 0.6 is 11.6 Å². The summed E-state index contributed by atoms with van der Waals surface area (Å²) in [7, 11) is 3.15. The molecule has 1 amide bonds. The van der Waals surface area contributed by atoms with E-state index in [0.29, 0.717) is 22.4 Å². The van der Waals surface area contributed by atoms with Crippen molar-refractivity contribution < 1.29 is 14.3 Å². The van der Waals surface area contributed by atoms with Crippen LogP contribution in [0.5, 0.6) is 11.5 Å². The number of rotatable bonds is 6. The molecule has 1 aliphatic carbocycles. The SMILES string of the molecule is COc1cc(-c2cc(C3CC3)c3cc(CC(N)=O)ccc3n2)cc(Cl)c1OC. The number of carbonyl (C=O) groups excluding carboxylic acids is 1. The van der Waals surface area contributed by atoms with E-state index in [2.05, 4.69) is 6.07 Å². The first-order valence-electron chi connectivity index (χ1n) is 9.14. The number of halogens is 1. The van der Waals surface area contributed by atoms with Gasteiger partial charge in [0.05, 0.1) is 36.9 Å². The van der Waals surface area contributed by atoms with Gasteiger partial charge >= 0.3 is 0 Å². The van der Waals surface area contributed by atoms with E-state index >= 15 is 0 Å². The van der Waals surface area contributed by atoms with Crippen molar-refractivity contribution in [2.24, 2.45) is 5.73 Å². The van der Waals surface area contributed by atoms with Crippen LogP contribution in [0.25, 0.3) is 22.2 Å². The van der Waals surface area contributed by atoms with Gasteiger partial charge in [-0.3, -0.25) is 4.79 Å². The highest BCUT2D eigenvalue weighted by atomic mass is 35.5. The van der Waals surface area contributed by atoms with Crippen molar-refractivity contribution >= 4 is 28.4 Å². The molecule has 0 aliphatic heterocycles. The average Bonchev–Trinajstić information content (AvgIpc) is 3.51. The van der Waals surface area contributed by atoms with Crippen LogP contribution in [0.15, 0.2) is 36.4 Å². The topological polar surface area (TPSA) is 74.4 Å². The van der Waals surface area contributed by atoms with Crippen LogP contribution in [-0.4, -0.2) is 25.1 Å². The third-order valence-electron chi connectivity index (χ3n) is 5.03. The number of aromatic nitrogens is 1. The molecule has 2 aromatic carbocycles. The lowest BCUT2D eigenvalue weighted by Crippen LogP contribution is -2.13. The van der Waals surface area contributed by atoms with E-state index in [1.165, 1.54) is 5.56 Å². The summed E-state index contributed by atoms with van der Waals surface area (Å²) >= 11 is 6.39. The highest BCUT2D eigenvalue weighted by Crippen LogP contribution is 2.45. The van der Waals surface area contributed by atoms with Gasteiger partial charge in [-0.1, -0.05) is 17.7 Å². The maximum atomic E-state index is 11.3. The molecule has 1 fully saturated rings. The molecule has 1 heterocycles. The first-order chi connectivity index (χ1) is 13.5. The van der Waals surface area contributed by atoms with E-state index in [9.17, 15) is 4.79 Å². The fraction of sp³-hybridized carbons (Fsp3) is 0.273. The Balaban J connectivity index is 1.87. The van der Waals surface area contributed by atoms with Crippen LogP contribution in [0.2, 0.25) is 5.02 Å². The molecule has 0 atom stereocenters. The predicted octanol–water partition coefficient (Wildman–Crippen LogP) is 4.48.